The molecular formula is C24H19ClN4O2S2. The molecule has 0 aliphatic heterocycles. The van der Waals surface area contributed by atoms with Crippen LogP contribution < -0.4 is 4.72 Å². The number of nitrogens with one attached hydrogen (secondary N) is 2. The summed E-state index contributed by atoms with van der Waals surface area (Å²) in [4.78, 5) is 6.53. The third-order valence-corrected chi connectivity index (χ3v) is 7.94. The molecule has 3 aromatic heterocycles. The normalized spacial score (nSPS) is 11.7. The highest BCUT2D eigenvalue weighted by atomic mass is 35.5. The van der Waals surface area contributed by atoms with E-state index in [0.29, 0.717) is 16.4 Å². The van der Waals surface area contributed by atoms with Crippen LogP contribution in [0.4, 0.5) is 5.69 Å². The van der Waals surface area contributed by atoms with E-state index in [1.165, 1.54) is 23.5 Å². The number of anilines is 1. The average Bonchev–Trinajstić information content (AvgIpc) is 3.41. The summed E-state index contributed by atoms with van der Waals surface area (Å²) in [5.41, 5.74) is 5.09. The number of aromatic amines is 1. The molecule has 0 amide bonds. The predicted octanol–water partition coefficient (Wildman–Crippen LogP) is 6.42. The number of sulfonamides is 1. The van der Waals surface area contributed by atoms with Crippen molar-refractivity contribution in [1.82, 2.24) is 15.2 Å². The monoisotopic (exact) mass is 494 g/mol. The zero-order valence-corrected chi connectivity index (χ0v) is 20.1. The largest absolute Gasteiger partial charge is 0.285 e. The number of benzene rings is 2. The minimum absolute atomic E-state index is 0.0972. The number of pyridine rings is 1. The Morgan fingerprint density at radius 2 is 1.85 bits per heavy atom. The molecule has 2 aromatic carbocycles. The summed E-state index contributed by atoms with van der Waals surface area (Å²) in [6.07, 6.45) is 3.58. The number of H-pyrrole nitrogens is 1. The number of aromatic nitrogens is 3. The lowest BCUT2D eigenvalue weighted by molar-refractivity contribution is 0.601. The molecule has 9 heteroatoms. The van der Waals surface area contributed by atoms with Crippen LogP contribution in [0.15, 0.2) is 71.9 Å². The van der Waals surface area contributed by atoms with Crippen molar-refractivity contribution < 1.29 is 8.42 Å². The zero-order chi connectivity index (χ0) is 23.2. The SMILES string of the molecule is Cc1cccc(-c2c(-c3cn[nH]c3)sc3nc(C)cc(NS(=O)(=O)c4cccc(Cl)c4)c23)c1. The molecule has 0 saturated carbocycles. The molecule has 33 heavy (non-hydrogen) atoms. The molecule has 0 radical (unpaired) electrons. The molecule has 0 atom stereocenters. The fraction of sp³-hybridized carbons (Fsp3) is 0.0833. The summed E-state index contributed by atoms with van der Waals surface area (Å²) < 4.78 is 29.3. The van der Waals surface area contributed by atoms with Gasteiger partial charge in [-0.3, -0.25) is 9.82 Å². The Bertz CT molecular complexity index is 1590. The molecule has 166 valence electrons. The Hall–Kier alpha value is -3.20. The van der Waals surface area contributed by atoms with E-state index in [4.69, 9.17) is 16.6 Å². The third kappa shape index (κ3) is 4.13. The maximum Gasteiger partial charge on any atom is 0.261 e. The molecule has 5 rings (SSSR count). The van der Waals surface area contributed by atoms with Gasteiger partial charge >= 0.3 is 0 Å². The number of rotatable bonds is 5. The molecule has 0 aliphatic carbocycles. The standard InChI is InChI=1S/C24H19ClN4O2S2/c1-14-5-3-6-16(9-14)21-22-20(29-33(30,31)19-8-4-7-18(25)11-19)10-15(2)28-24(22)32-23(21)17-12-26-27-13-17/h3-13H,1-2H3,(H,26,27)(H,28,29). The van der Waals surface area contributed by atoms with Gasteiger partial charge in [-0.15, -0.1) is 11.3 Å². The lowest BCUT2D eigenvalue weighted by Gasteiger charge is -2.13. The predicted molar refractivity (Wildman–Crippen MR) is 134 cm³/mol. The van der Waals surface area contributed by atoms with Crippen LogP contribution in [0.1, 0.15) is 11.3 Å². The molecule has 3 heterocycles. The highest BCUT2D eigenvalue weighted by molar-refractivity contribution is 7.92. The summed E-state index contributed by atoms with van der Waals surface area (Å²) in [7, 11) is -3.87. The topological polar surface area (TPSA) is 87.7 Å². The van der Waals surface area contributed by atoms with Crippen molar-refractivity contribution in [3.8, 4) is 21.6 Å². The molecular weight excluding hydrogens is 476 g/mol. The van der Waals surface area contributed by atoms with Crippen molar-refractivity contribution in [1.29, 1.82) is 0 Å². The number of aryl methyl sites for hydroxylation is 2. The van der Waals surface area contributed by atoms with Gasteiger partial charge in [0, 0.05) is 38.3 Å². The van der Waals surface area contributed by atoms with Gasteiger partial charge in [-0.2, -0.15) is 5.10 Å². The Morgan fingerprint density at radius 1 is 1.03 bits per heavy atom. The molecule has 0 fully saturated rings. The van der Waals surface area contributed by atoms with Crippen LogP contribution in [0, 0.1) is 13.8 Å². The van der Waals surface area contributed by atoms with Gasteiger partial charge in [0.25, 0.3) is 10.0 Å². The van der Waals surface area contributed by atoms with Crippen LogP contribution in [0.3, 0.4) is 0 Å². The van der Waals surface area contributed by atoms with Gasteiger partial charge in [0.2, 0.25) is 0 Å². The van der Waals surface area contributed by atoms with E-state index in [-0.39, 0.29) is 4.90 Å². The number of hydrogen-bond acceptors (Lipinski definition) is 5. The van der Waals surface area contributed by atoms with Gasteiger partial charge in [-0.05, 0) is 43.7 Å². The summed E-state index contributed by atoms with van der Waals surface area (Å²) in [6.45, 7) is 3.88. The van der Waals surface area contributed by atoms with Crippen molar-refractivity contribution in [2.75, 3.05) is 4.72 Å². The molecule has 5 aromatic rings. The van der Waals surface area contributed by atoms with Crippen molar-refractivity contribution in [2.45, 2.75) is 18.7 Å². The minimum atomic E-state index is -3.87. The molecule has 0 bridgehead atoms. The van der Waals surface area contributed by atoms with E-state index >= 15 is 0 Å². The van der Waals surface area contributed by atoms with Gasteiger partial charge in [0.15, 0.2) is 0 Å². The summed E-state index contributed by atoms with van der Waals surface area (Å²) in [5.74, 6) is 0. The Balaban J connectivity index is 1.78. The first-order valence-corrected chi connectivity index (χ1v) is 12.8. The second-order valence-electron chi connectivity index (χ2n) is 7.72. The Morgan fingerprint density at radius 3 is 2.58 bits per heavy atom. The first kappa shape index (κ1) is 21.6. The number of halogens is 1. The van der Waals surface area contributed by atoms with Crippen LogP contribution in [0.5, 0.6) is 0 Å². The fourth-order valence-electron chi connectivity index (χ4n) is 3.79. The number of hydrogen-bond donors (Lipinski definition) is 2. The minimum Gasteiger partial charge on any atom is -0.285 e. The molecule has 6 nitrogen and oxygen atoms in total. The van der Waals surface area contributed by atoms with Gasteiger partial charge in [0.1, 0.15) is 4.83 Å². The van der Waals surface area contributed by atoms with Crippen molar-refractivity contribution in [2.24, 2.45) is 0 Å². The van der Waals surface area contributed by atoms with Crippen LogP contribution in [-0.2, 0) is 10.0 Å². The van der Waals surface area contributed by atoms with E-state index in [1.807, 2.05) is 38.2 Å². The molecule has 0 spiro atoms. The highest BCUT2D eigenvalue weighted by Crippen LogP contribution is 2.47. The van der Waals surface area contributed by atoms with E-state index in [2.05, 4.69) is 21.0 Å². The molecule has 0 unspecified atom stereocenters. The first-order valence-electron chi connectivity index (χ1n) is 10.1. The van der Waals surface area contributed by atoms with Gasteiger partial charge < -0.3 is 0 Å². The van der Waals surface area contributed by atoms with Crippen molar-refractivity contribution >= 4 is 48.9 Å². The molecule has 0 saturated heterocycles. The zero-order valence-electron chi connectivity index (χ0n) is 17.8. The van der Waals surface area contributed by atoms with E-state index in [1.54, 1.807) is 24.4 Å². The van der Waals surface area contributed by atoms with Gasteiger partial charge in [-0.25, -0.2) is 13.4 Å². The van der Waals surface area contributed by atoms with Crippen LogP contribution in [-0.4, -0.2) is 23.6 Å². The smallest absolute Gasteiger partial charge is 0.261 e. The van der Waals surface area contributed by atoms with Crippen molar-refractivity contribution in [3.05, 3.63) is 83.3 Å². The second-order valence-corrected chi connectivity index (χ2v) is 10.8. The highest BCUT2D eigenvalue weighted by Gasteiger charge is 2.23. The number of nitrogens with zero attached hydrogens (tertiary/aromatic N) is 2. The van der Waals surface area contributed by atoms with Crippen molar-refractivity contribution in [3.63, 3.8) is 0 Å². The lowest BCUT2D eigenvalue weighted by atomic mass is 9.98. The maximum absolute atomic E-state index is 13.2. The molecule has 2 N–H and O–H groups in total. The second kappa shape index (κ2) is 8.30. The van der Waals surface area contributed by atoms with Crippen LogP contribution in [0.2, 0.25) is 5.02 Å². The van der Waals surface area contributed by atoms with Gasteiger partial charge in [0.05, 0.1) is 16.8 Å². The number of thiophene rings is 1. The van der Waals surface area contributed by atoms with E-state index in [9.17, 15) is 8.42 Å². The summed E-state index contributed by atoms with van der Waals surface area (Å²) >= 11 is 7.55. The Kier molecular flexibility index (Phi) is 5.44. The Labute approximate surface area is 200 Å². The third-order valence-electron chi connectivity index (χ3n) is 5.21. The summed E-state index contributed by atoms with van der Waals surface area (Å²) in [5, 5.41) is 8.07. The number of fused-ring (bicyclic) bond motifs is 1. The quantitative estimate of drug-likeness (QED) is 0.295. The first-order chi connectivity index (χ1) is 15.8. The molecule has 0 aliphatic rings. The maximum atomic E-state index is 13.2. The average molecular weight is 495 g/mol. The summed E-state index contributed by atoms with van der Waals surface area (Å²) in [6, 6.07) is 16.1. The van der Waals surface area contributed by atoms with Crippen LogP contribution >= 0.6 is 22.9 Å². The van der Waals surface area contributed by atoms with Gasteiger partial charge in [-0.1, -0.05) is 47.5 Å². The van der Waals surface area contributed by atoms with E-state index in [0.717, 1.165) is 37.3 Å². The fourth-order valence-corrected chi connectivity index (χ4v) is 6.41. The lowest BCUT2D eigenvalue weighted by Crippen LogP contribution is -2.13. The van der Waals surface area contributed by atoms with Crippen LogP contribution in [0.25, 0.3) is 31.8 Å². The van der Waals surface area contributed by atoms with E-state index < -0.39 is 10.0 Å².